The standard InChI is InChI=1S/C17H29N5O7S/c1-8(23)13(19)15(26)21-10(7-30)16(27)22-6-2-3-11(22)14(25)20-9(17(28)29)4-5-12(18)24/h8-11,13,23,30H,2-7,19H2,1H3,(H2,18,24)(H,20,25)(H,21,26)(H,28,29). The van der Waals surface area contributed by atoms with Gasteiger partial charge in [-0.05, 0) is 26.2 Å². The number of likely N-dealkylation sites (tertiary alicyclic amines) is 1. The number of hydrogen-bond donors (Lipinski definition) is 7. The van der Waals surface area contributed by atoms with E-state index in [1.807, 2.05) is 0 Å². The lowest BCUT2D eigenvalue weighted by Gasteiger charge is -2.29. The van der Waals surface area contributed by atoms with Gasteiger partial charge in [-0.1, -0.05) is 0 Å². The van der Waals surface area contributed by atoms with Gasteiger partial charge in [-0.25, -0.2) is 4.79 Å². The number of carboxylic acids is 1. The van der Waals surface area contributed by atoms with Crippen LogP contribution in [0.5, 0.6) is 0 Å². The fourth-order valence-corrected chi connectivity index (χ4v) is 3.24. The first-order chi connectivity index (χ1) is 14.0. The summed E-state index contributed by atoms with van der Waals surface area (Å²) >= 11 is 4.07. The zero-order valence-electron chi connectivity index (χ0n) is 16.6. The Balaban J connectivity index is 2.83. The van der Waals surface area contributed by atoms with E-state index in [0.29, 0.717) is 12.8 Å². The van der Waals surface area contributed by atoms with E-state index in [1.54, 1.807) is 0 Å². The molecule has 1 aliphatic heterocycles. The van der Waals surface area contributed by atoms with E-state index in [0.717, 1.165) is 0 Å². The molecule has 30 heavy (non-hydrogen) atoms. The van der Waals surface area contributed by atoms with Crippen LogP contribution in [0.3, 0.4) is 0 Å². The number of primary amides is 1. The molecule has 8 N–H and O–H groups in total. The highest BCUT2D eigenvalue weighted by Crippen LogP contribution is 2.19. The van der Waals surface area contributed by atoms with E-state index >= 15 is 0 Å². The topological polar surface area (TPSA) is 205 Å². The normalized spacial score (nSPS) is 20.0. The Kier molecular flexibility index (Phi) is 10.0. The van der Waals surface area contributed by atoms with Crippen LogP contribution in [0, 0.1) is 0 Å². The molecule has 0 aromatic heterocycles. The van der Waals surface area contributed by atoms with E-state index in [4.69, 9.17) is 11.5 Å². The molecule has 4 amide bonds. The molecule has 0 radical (unpaired) electrons. The van der Waals surface area contributed by atoms with Gasteiger partial charge in [0.05, 0.1) is 6.10 Å². The summed E-state index contributed by atoms with van der Waals surface area (Å²) < 4.78 is 0. The highest BCUT2D eigenvalue weighted by molar-refractivity contribution is 7.80. The number of carbonyl (C=O) groups excluding carboxylic acids is 4. The SMILES string of the molecule is CC(O)C(N)C(=O)NC(CS)C(=O)N1CCCC1C(=O)NC(CCC(N)=O)C(=O)O. The molecule has 0 spiro atoms. The van der Waals surface area contributed by atoms with Gasteiger partial charge in [-0.2, -0.15) is 12.6 Å². The van der Waals surface area contributed by atoms with Crippen molar-refractivity contribution in [1.29, 1.82) is 0 Å². The molecule has 5 atom stereocenters. The molecule has 0 bridgehead atoms. The largest absolute Gasteiger partial charge is 0.480 e. The fourth-order valence-electron chi connectivity index (χ4n) is 2.99. The molecule has 13 heteroatoms. The number of carboxylic acid groups (broad SMARTS) is 1. The van der Waals surface area contributed by atoms with Crippen LogP contribution in [-0.2, 0) is 24.0 Å². The summed E-state index contributed by atoms with van der Waals surface area (Å²) in [5, 5.41) is 23.4. The van der Waals surface area contributed by atoms with Crippen LogP contribution in [0.15, 0.2) is 0 Å². The summed E-state index contributed by atoms with van der Waals surface area (Å²) in [5.74, 6) is -4.09. The number of rotatable bonds is 11. The number of hydrogen-bond acceptors (Lipinski definition) is 8. The minimum absolute atomic E-state index is 0.0711. The number of nitrogens with two attached hydrogens (primary N) is 2. The molecular formula is C17H29N5O7S. The molecule has 5 unspecified atom stereocenters. The fraction of sp³-hybridized carbons (Fsp3) is 0.706. The predicted molar refractivity (Wildman–Crippen MR) is 108 cm³/mol. The van der Waals surface area contributed by atoms with E-state index in [1.165, 1.54) is 11.8 Å². The summed E-state index contributed by atoms with van der Waals surface area (Å²) in [6, 6.07) is -4.58. The molecule has 1 fully saturated rings. The Morgan fingerprint density at radius 3 is 2.33 bits per heavy atom. The highest BCUT2D eigenvalue weighted by atomic mass is 32.1. The van der Waals surface area contributed by atoms with Crippen LogP contribution < -0.4 is 22.1 Å². The maximum Gasteiger partial charge on any atom is 0.326 e. The molecule has 0 aliphatic carbocycles. The minimum Gasteiger partial charge on any atom is -0.480 e. The summed E-state index contributed by atoms with van der Waals surface area (Å²) in [7, 11) is 0. The third-order valence-corrected chi connectivity index (χ3v) is 5.12. The van der Waals surface area contributed by atoms with Crippen LogP contribution in [0.1, 0.15) is 32.6 Å². The van der Waals surface area contributed by atoms with Gasteiger partial charge in [0.1, 0.15) is 24.2 Å². The summed E-state index contributed by atoms with van der Waals surface area (Å²) in [6.45, 7) is 1.57. The van der Waals surface area contributed by atoms with Gasteiger partial charge in [-0.15, -0.1) is 0 Å². The zero-order chi connectivity index (χ0) is 23.0. The Labute approximate surface area is 179 Å². The first-order valence-electron chi connectivity index (χ1n) is 9.46. The molecule has 1 heterocycles. The number of thiol groups is 1. The molecule has 1 saturated heterocycles. The number of carbonyl (C=O) groups is 5. The second-order valence-electron chi connectivity index (χ2n) is 7.10. The van der Waals surface area contributed by atoms with Crippen molar-refractivity contribution < 1.29 is 34.2 Å². The zero-order valence-corrected chi connectivity index (χ0v) is 17.5. The number of aliphatic hydroxyl groups excluding tert-OH is 1. The Morgan fingerprint density at radius 1 is 1.20 bits per heavy atom. The van der Waals surface area contributed by atoms with Gasteiger partial charge in [-0.3, -0.25) is 19.2 Å². The Hall–Kier alpha value is -2.38. The van der Waals surface area contributed by atoms with Crippen molar-refractivity contribution in [3.63, 3.8) is 0 Å². The lowest BCUT2D eigenvalue weighted by atomic mass is 10.1. The second-order valence-corrected chi connectivity index (χ2v) is 7.47. The molecule has 170 valence electrons. The predicted octanol–water partition coefficient (Wildman–Crippen LogP) is -3.06. The van der Waals surface area contributed by atoms with Crippen LogP contribution in [0.2, 0.25) is 0 Å². The number of amides is 4. The number of nitrogens with one attached hydrogen (secondary N) is 2. The summed E-state index contributed by atoms with van der Waals surface area (Å²) in [6.07, 6.45) is -0.714. The van der Waals surface area contributed by atoms with Crippen LogP contribution in [-0.4, -0.2) is 87.3 Å². The van der Waals surface area contributed by atoms with Gasteiger partial charge in [0, 0.05) is 18.7 Å². The lowest BCUT2D eigenvalue weighted by Crippen LogP contribution is -2.58. The molecule has 0 aromatic carbocycles. The number of aliphatic carboxylic acids is 1. The summed E-state index contributed by atoms with van der Waals surface area (Å²) in [4.78, 5) is 61.0. The van der Waals surface area contributed by atoms with E-state index in [9.17, 15) is 34.2 Å². The van der Waals surface area contributed by atoms with Crippen LogP contribution >= 0.6 is 12.6 Å². The van der Waals surface area contributed by atoms with E-state index in [-0.39, 0.29) is 25.1 Å². The van der Waals surface area contributed by atoms with E-state index < -0.39 is 59.9 Å². The van der Waals surface area contributed by atoms with Crippen molar-refractivity contribution in [3.05, 3.63) is 0 Å². The van der Waals surface area contributed by atoms with E-state index in [2.05, 4.69) is 23.3 Å². The van der Waals surface area contributed by atoms with Crippen molar-refractivity contribution in [2.24, 2.45) is 11.5 Å². The average molecular weight is 448 g/mol. The molecular weight excluding hydrogens is 418 g/mol. The highest BCUT2D eigenvalue weighted by Gasteiger charge is 2.39. The van der Waals surface area contributed by atoms with Gasteiger partial charge in [0.2, 0.25) is 23.6 Å². The Bertz CT molecular complexity index is 675. The van der Waals surface area contributed by atoms with Crippen LogP contribution in [0.4, 0.5) is 0 Å². The van der Waals surface area contributed by atoms with Crippen molar-refractivity contribution in [3.8, 4) is 0 Å². The van der Waals surface area contributed by atoms with Crippen molar-refractivity contribution >= 4 is 42.2 Å². The van der Waals surface area contributed by atoms with Gasteiger partial charge < -0.3 is 37.2 Å². The molecule has 0 saturated carbocycles. The molecule has 12 nitrogen and oxygen atoms in total. The van der Waals surface area contributed by atoms with Crippen LogP contribution in [0.25, 0.3) is 0 Å². The number of nitrogens with zero attached hydrogens (tertiary/aromatic N) is 1. The van der Waals surface area contributed by atoms with Crippen molar-refractivity contribution in [2.75, 3.05) is 12.3 Å². The summed E-state index contributed by atoms with van der Waals surface area (Å²) in [5.41, 5.74) is 10.6. The monoisotopic (exact) mass is 447 g/mol. The minimum atomic E-state index is -1.33. The Morgan fingerprint density at radius 2 is 1.83 bits per heavy atom. The average Bonchev–Trinajstić information content (AvgIpc) is 3.17. The maximum absolute atomic E-state index is 12.9. The second kappa shape index (κ2) is 11.7. The maximum atomic E-state index is 12.9. The molecule has 1 rings (SSSR count). The van der Waals surface area contributed by atoms with Gasteiger partial charge >= 0.3 is 5.97 Å². The smallest absolute Gasteiger partial charge is 0.326 e. The number of aliphatic hydroxyl groups is 1. The quantitative estimate of drug-likeness (QED) is 0.161. The van der Waals surface area contributed by atoms with Gasteiger partial charge in [0.25, 0.3) is 0 Å². The lowest BCUT2D eigenvalue weighted by molar-refractivity contribution is -0.145. The first-order valence-corrected chi connectivity index (χ1v) is 10.1. The third kappa shape index (κ3) is 7.15. The van der Waals surface area contributed by atoms with Crippen molar-refractivity contribution in [1.82, 2.24) is 15.5 Å². The molecule has 1 aliphatic rings. The van der Waals surface area contributed by atoms with Crippen molar-refractivity contribution in [2.45, 2.75) is 62.9 Å². The van der Waals surface area contributed by atoms with Gasteiger partial charge in [0.15, 0.2) is 0 Å². The molecule has 0 aromatic rings. The first kappa shape index (κ1) is 25.7. The third-order valence-electron chi connectivity index (χ3n) is 4.75.